The molecule has 0 saturated carbocycles. The fourth-order valence-corrected chi connectivity index (χ4v) is 2.78. The summed E-state index contributed by atoms with van der Waals surface area (Å²) in [6.45, 7) is 3.68. The smallest absolute Gasteiger partial charge is 0.348 e. The zero-order chi connectivity index (χ0) is 16.8. The van der Waals surface area contributed by atoms with Crippen LogP contribution in [0.3, 0.4) is 0 Å². The average molecular weight is 321 g/mol. The Labute approximate surface area is 131 Å². The van der Waals surface area contributed by atoms with Crippen molar-refractivity contribution in [2.75, 3.05) is 11.9 Å². The zero-order valence-corrected chi connectivity index (χ0v) is 12.7. The predicted octanol–water partition coefficient (Wildman–Crippen LogP) is 1.75. The Balaban J connectivity index is 1.86. The summed E-state index contributed by atoms with van der Waals surface area (Å²) >= 11 is 0. The standard InChI is InChI=1S/C16H16FNO5/c1-16(2)7-22-15(21)13(16)23-14(20)10-6-12(19)18-11-5-8(17)3-4-9(10)11/h3-5,10,13H,6-7H2,1-2H3,(H,18,19)/t10-,13+/m1/s1. The largest absolute Gasteiger partial charge is 0.462 e. The summed E-state index contributed by atoms with van der Waals surface area (Å²) < 4.78 is 23.6. The van der Waals surface area contributed by atoms with Gasteiger partial charge in [0.1, 0.15) is 12.4 Å². The monoisotopic (exact) mass is 321 g/mol. The zero-order valence-electron chi connectivity index (χ0n) is 12.7. The first kappa shape index (κ1) is 15.5. The number of benzene rings is 1. The van der Waals surface area contributed by atoms with Crippen LogP contribution in [-0.4, -0.2) is 30.6 Å². The molecule has 3 rings (SSSR count). The number of rotatable bonds is 2. The van der Waals surface area contributed by atoms with E-state index in [9.17, 15) is 18.8 Å². The molecule has 0 aliphatic carbocycles. The molecule has 0 aromatic heterocycles. The molecule has 1 aromatic carbocycles. The summed E-state index contributed by atoms with van der Waals surface area (Å²) in [5.74, 6) is -3.08. The van der Waals surface area contributed by atoms with Crippen LogP contribution in [-0.2, 0) is 23.9 Å². The van der Waals surface area contributed by atoms with Crippen molar-refractivity contribution >= 4 is 23.5 Å². The fourth-order valence-electron chi connectivity index (χ4n) is 2.78. The maximum Gasteiger partial charge on any atom is 0.348 e. The van der Waals surface area contributed by atoms with Crippen molar-refractivity contribution in [2.24, 2.45) is 5.41 Å². The summed E-state index contributed by atoms with van der Waals surface area (Å²) in [4.78, 5) is 36.0. The molecule has 1 saturated heterocycles. The lowest BCUT2D eigenvalue weighted by Gasteiger charge is -2.27. The Bertz CT molecular complexity index is 700. The molecule has 2 heterocycles. The second-order valence-electron chi connectivity index (χ2n) is 6.45. The van der Waals surface area contributed by atoms with Crippen LogP contribution in [0.4, 0.5) is 10.1 Å². The molecule has 0 bridgehead atoms. The Hall–Kier alpha value is -2.44. The molecule has 1 N–H and O–H groups in total. The van der Waals surface area contributed by atoms with E-state index in [1.54, 1.807) is 13.8 Å². The van der Waals surface area contributed by atoms with Crippen LogP contribution < -0.4 is 5.32 Å². The normalized spacial score (nSPS) is 25.3. The highest BCUT2D eigenvalue weighted by atomic mass is 19.1. The van der Waals surface area contributed by atoms with Gasteiger partial charge < -0.3 is 14.8 Å². The number of halogens is 1. The van der Waals surface area contributed by atoms with Gasteiger partial charge in [0.15, 0.2) is 0 Å². The number of carbonyl (C=O) groups is 3. The maximum absolute atomic E-state index is 13.3. The Morgan fingerprint density at radius 2 is 2.13 bits per heavy atom. The average Bonchev–Trinajstić information content (AvgIpc) is 2.72. The van der Waals surface area contributed by atoms with Gasteiger partial charge in [0, 0.05) is 17.5 Å². The minimum absolute atomic E-state index is 0.111. The van der Waals surface area contributed by atoms with Gasteiger partial charge in [-0.25, -0.2) is 9.18 Å². The SMILES string of the molecule is CC1(C)COC(=O)[C@@H]1OC(=O)[C@@H]1CC(=O)Nc2cc(F)ccc21. The van der Waals surface area contributed by atoms with Gasteiger partial charge >= 0.3 is 11.9 Å². The molecule has 2 aliphatic heterocycles. The van der Waals surface area contributed by atoms with E-state index in [1.165, 1.54) is 12.1 Å². The van der Waals surface area contributed by atoms with Crippen molar-refractivity contribution in [3.05, 3.63) is 29.6 Å². The number of ether oxygens (including phenoxy) is 2. The Morgan fingerprint density at radius 1 is 1.39 bits per heavy atom. The summed E-state index contributed by atoms with van der Waals surface area (Å²) in [5.41, 5.74) is 0.0894. The molecule has 2 aliphatic rings. The predicted molar refractivity (Wildman–Crippen MR) is 77.0 cm³/mol. The number of cyclic esters (lactones) is 1. The number of anilines is 1. The molecule has 1 aromatic rings. The molecule has 6 nitrogen and oxygen atoms in total. The van der Waals surface area contributed by atoms with Crippen molar-refractivity contribution in [1.29, 1.82) is 0 Å². The van der Waals surface area contributed by atoms with Gasteiger partial charge in [-0.2, -0.15) is 0 Å². The third-order valence-corrected chi connectivity index (χ3v) is 4.08. The van der Waals surface area contributed by atoms with E-state index in [-0.39, 0.29) is 18.7 Å². The lowest BCUT2D eigenvalue weighted by atomic mass is 9.88. The van der Waals surface area contributed by atoms with Gasteiger partial charge in [0.25, 0.3) is 0 Å². The lowest BCUT2D eigenvalue weighted by Crippen LogP contribution is -2.38. The fraction of sp³-hybridized carbons (Fsp3) is 0.438. The van der Waals surface area contributed by atoms with Gasteiger partial charge in [0.05, 0.1) is 5.92 Å². The van der Waals surface area contributed by atoms with E-state index >= 15 is 0 Å². The molecular formula is C16H16FNO5. The number of hydrogen-bond acceptors (Lipinski definition) is 5. The molecule has 1 amide bonds. The van der Waals surface area contributed by atoms with Crippen LogP contribution in [0.15, 0.2) is 18.2 Å². The summed E-state index contributed by atoms with van der Waals surface area (Å²) in [6, 6.07) is 3.80. The van der Waals surface area contributed by atoms with Gasteiger partial charge in [-0.1, -0.05) is 19.9 Å². The number of nitrogens with one attached hydrogen (secondary N) is 1. The number of hydrogen-bond donors (Lipinski definition) is 1. The van der Waals surface area contributed by atoms with Crippen LogP contribution in [0, 0.1) is 11.2 Å². The molecule has 1 fully saturated rings. The van der Waals surface area contributed by atoms with E-state index in [0.29, 0.717) is 5.56 Å². The first-order valence-electron chi connectivity index (χ1n) is 7.24. The molecule has 0 unspecified atom stereocenters. The van der Waals surface area contributed by atoms with Gasteiger partial charge in [-0.15, -0.1) is 0 Å². The molecule has 0 radical (unpaired) electrons. The topological polar surface area (TPSA) is 81.7 Å². The first-order chi connectivity index (χ1) is 10.8. The minimum atomic E-state index is -1.01. The van der Waals surface area contributed by atoms with Crippen LogP contribution in [0.5, 0.6) is 0 Å². The second kappa shape index (κ2) is 5.33. The summed E-state index contributed by atoms with van der Waals surface area (Å²) in [7, 11) is 0. The van der Waals surface area contributed by atoms with Crippen LogP contribution in [0.2, 0.25) is 0 Å². The van der Waals surface area contributed by atoms with Gasteiger partial charge in [-0.05, 0) is 17.7 Å². The molecule has 2 atom stereocenters. The summed E-state index contributed by atoms with van der Waals surface area (Å²) in [6.07, 6.45) is -1.12. The molecule has 122 valence electrons. The molecular weight excluding hydrogens is 305 g/mol. The lowest BCUT2D eigenvalue weighted by molar-refractivity contribution is -0.164. The highest BCUT2D eigenvalue weighted by Gasteiger charge is 2.47. The second-order valence-corrected chi connectivity index (χ2v) is 6.45. The van der Waals surface area contributed by atoms with Crippen LogP contribution in [0.25, 0.3) is 0 Å². The van der Waals surface area contributed by atoms with Gasteiger partial charge in [-0.3, -0.25) is 9.59 Å². The number of esters is 2. The third kappa shape index (κ3) is 2.78. The van der Waals surface area contributed by atoms with Crippen molar-refractivity contribution in [3.8, 4) is 0 Å². The van der Waals surface area contributed by atoms with E-state index in [4.69, 9.17) is 9.47 Å². The van der Waals surface area contributed by atoms with Crippen molar-refractivity contribution in [2.45, 2.75) is 32.3 Å². The Morgan fingerprint density at radius 3 is 2.78 bits per heavy atom. The van der Waals surface area contributed by atoms with E-state index in [1.807, 2.05) is 0 Å². The number of amides is 1. The minimum Gasteiger partial charge on any atom is -0.462 e. The highest BCUT2D eigenvalue weighted by molar-refractivity contribution is 6.00. The quantitative estimate of drug-likeness (QED) is 0.839. The molecule has 7 heteroatoms. The number of fused-ring (bicyclic) bond motifs is 1. The van der Waals surface area contributed by atoms with Crippen molar-refractivity contribution in [3.63, 3.8) is 0 Å². The van der Waals surface area contributed by atoms with Gasteiger partial charge in [0.2, 0.25) is 12.0 Å². The third-order valence-electron chi connectivity index (χ3n) is 4.08. The maximum atomic E-state index is 13.3. The molecule has 0 spiro atoms. The van der Waals surface area contributed by atoms with Crippen LogP contribution >= 0.6 is 0 Å². The van der Waals surface area contributed by atoms with Crippen LogP contribution in [0.1, 0.15) is 31.7 Å². The number of carbonyl (C=O) groups excluding carboxylic acids is 3. The summed E-state index contributed by atoms with van der Waals surface area (Å²) in [5, 5.41) is 2.53. The van der Waals surface area contributed by atoms with Crippen molar-refractivity contribution in [1.82, 2.24) is 0 Å². The van der Waals surface area contributed by atoms with Crippen molar-refractivity contribution < 1.29 is 28.2 Å². The van der Waals surface area contributed by atoms with E-state index < -0.39 is 41.1 Å². The van der Waals surface area contributed by atoms with E-state index in [2.05, 4.69) is 5.32 Å². The van der Waals surface area contributed by atoms with E-state index in [0.717, 1.165) is 6.07 Å². The molecule has 23 heavy (non-hydrogen) atoms. The Kier molecular flexibility index (Phi) is 3.58. The highest BCUT2D eigenvalue weighted by Crippen LogP contribution is 2.36. The first-order valence-corrected chi connectivity index (χ1v) is 7.24.